The molecule has 1 aliphatic heterocycles. The van der Waals surface area contributed by atoms with Gasteiger partial charge in [-0.05, 0) is 36.4 Å². The minimum Gasteiger partial charge on any atom is -0.412 e. The molecule has 0 bridgehead atoms. The summed E-state index contributed by atoms with van der Waals surface area (Å²) in [6.07, 6.45) is 0. The number of oxime groups is 1. The number of hydrogen-bond acceptors (Lipinski definition) is 4. The van der Waals surface area contributed by atoms with Crippen LogP contribution in [0.25, 0.3) is 0 Å². The molecule has 0 aliphatic carbocycles. The van der Waals surface area contributed by atoms with Gasteiger partial charge in [-0.2, -0.15) is 0 Å². The molecule has 28 heavy (non-hydrogen) atoms. The fraction of sp³-hybridized carbons (Fsp3) is 0.0476. The highest BCUT2D eigenvalue weighted by Gasteiger charge is 2.26. The second-order valence-electron chi connectivity index (χ2n) is 5.69. The second-order valence-corrected chi connectivity index (χ2v) is 5.69. The molecule has 1 fully saturated rings. The number of anilines is 2. The van der Waals surface area contributed by atoms with E-state index in [1.54, 1.807) is 0 Å². The van der Waals surface area contributed by atoms with Crippen molar-refractivity contribution in [1.29, 1.82) is 0 Å². The number of nitrogens with zero attached hydrogens (tertiary/aromatic N) is 4. The van der Waals surface area contributed by atoms with E-state index in [4.69, 9.17) is 10.2 Å². The van der Waals surface area contributed by atoms with Gasteiger partial charge in [-0.25, -0.2) is 4.99 Å². The molecule has 0 unspecified atom stereocenters. The zero-order chi connectivity index (χ0) is 18.9. The van der Waals surface area contributed by atoms with E-state index in [9.17, 15) is 0 Å². The normalized spacial score (nSPS) is 13.8. The Kier molecular flexibility index (Phi) is 7.56. The van der Waals surface area contributed by atoms with Crippen LogP contribution in [-0.2, 0) is 0 Å². The molecule has 1 aliphatic rings. The highest BCUT2D eigenvalue weighted by molar-refractivity contribution is 6.01. The first-order chi connectivity index (χ1) is 13.3. The first-order valence-electron chi connectivity index (χ1n) is 8.47. The van der Waals surface area contributed by atoms with E-state index >= 15 is 0 Å². The third kappa shape index (κ3) is 5.09. The van der Waals surface area contributed by atoms with E-state index in [0.717, 1.165) is 23.0 Å². The molecule has 0 saturated carbocycles. The number of hydrazine groups is 1. The number of hydrogen-bond donors (Lipinski definition) is 2. The molecule has 1 heterocycles. The Hall–Kier alpha value is -3.84. The van der Waals surface area contributed by atoms with Crippen LogP contribution in [0.2, 0.25) is 0 Å². The van der Waals surface area contributed by atoms with Gasteiger partial charge in [-0.1, -0.05) is 54.6 Å². The molecular weight excluding hydrogens is 354 g/mol. The van der Waals surface area contributed by atoms with Crippen molar-refractivity contribution in [2.45, 2.75) is 0 Å². The van der Waals surface area contributed by atoms with E-state index in [1.165, 1.54) is 0 Å². The summed E-state index contributed by atoms with van der Waals surface area (Å²) in [6, 6.07) is 30.6. The first kappa shape index (κ1) is 20.5. The number of aliphatic imine (C=N–C) groups is 1. The van der Waals surface area contributed by atoms with E-state index in [-0.39, 0.29) is 5.48 Å². The van der Waals surface area contributed by atoms with Crippen LogP contribution in [0, 0.1) is 0 Å². The molecule has 0 atom stereocenters. The molecule has 7 nitrogen and oxygen atoms in total. The topological polar surface area (TPSA) is 95.0 Å². The average molecular weight is 377 g/mol. The van der Waals surface area contributed by atoms with Crippen molar-refractivity contribution in [2.75, 3.05) is 16.6 Å². The van der Waals surface area contributed by atoms with Crippen molar-refractivity contribution in [1.82, 2.24) is 5.43 Å². The minimum atomic E-state index is 0. The number of guanidine groups is 1. The van der Waals surface area contributed by atoms with Crippen LogP contribution in [0.5, 0.6) is 0 Å². The molecule has 0 radical (unpaired) electrons. The summed E-state index contributed by atoms with van der Waals surface area (Å²) in [4.78, 5) is 6.95. The lowest BCUT2D eigenvalue weighted by molar-refractivity contribution is 0.323. The molecule has 1 saturated heterocycles. The molecule has 7 heteroatoms. The molecule has 3 aromatic rings. The Bertz CT molecular complexity index is 873. The standard InChI is InChI=1S/C20H18N4.CH3NO.H2O/c1-4-10-17(11-5-1)21-20-22-24(19-14-8-3-9-15-19)16-23(20)18-12-6-2-7-13-18;1-2-3;/h1-15H,16H2,(H,21,22);3H,1H2;1H2. The van der Waals surface area contributed by atoms with Gasteiger partial charge in [-0.3, -0.25) is 15.3 Å². The Balaban J connectivity index is 0.000000660. The maximum atomic E-state index is 7.08. The van der Waals surface area contributed by atoms with E-state index in [1.807, 2.05) is 66.7 Å². The SMILES string of the molecule is C=NO.O.c1ccc(N=C2NN(c3ccccc3)CN2c2ccccc2)cc1. The van der Waals surface area contributed by atoms with Crippen LogP contribution in [0.1, 0.15) is 0 Å². The fourth-order valence-corrected chi connectivity index (χ4v) is 2.70. The van der Waals surface area contributed by atoms with Gasteiger partial charge in [0.15, 0.2) is 0 Å². The number of rotatable bonds is 3. The lowest BCUT2D eigenvalue weighted by atomic mass is 10.3. The zero-order valence-electron chi connectivity index (χ0n) is 15.3. The minimum absolute atomic E-state index is 0. The largest absolute Gasteiger partial charge is 0.412 e. The summed E-state index contributed by atoms with van der Waals surface area (Å²) in [5, 5.41) is 11.4. The predicted molar refractivity (Wildman–Crippen MR) is 114 cm³/mol. The van der Waals surface area contributed by atoms with Gasteiger partial charge in [-0.15, -0.1) is 5.16 Å². The van der Waals surface area contributed by atoms with Crippen LogP contribution >= 0.6 is 0 Å². The summed E-state index contributed by atoms with van der Waals surface area (Å²) in [7, 11) is 0. The Morgan fingerprint density at radius 1 is 0.786 bits per heavy atom. The third-order valence-electron chi connectivity index (χ3n) is 3.90. The lowest BCUT2D eigenvalue weighted by Gasteiger charge is -2.18. The zero-order valence-corrected chi connectivity index (χ0v) is 15.3. The molecule has 0 amide bonds. The molecule has 3 aromatic carbocycles. The van der Waals surface area contributed by atoms with Crippen molar-refractivity contribution in [3.8, 4) is 0 Å². The molecule has 4 N–H and O–H groups in total. The summed E-state index contributed by atoms with van der Waals surface area (Å²) < 4.78 is 0. The van der Waals surface area contributed by atoms with Gasteiger partial charge < -0.3 is 10.7 Å². The fourth-order valence-electron chi connectivity index (χ4n) is 2.70. The second kappa shape index (κ2) is 10.3. The van der Waals surface area contributed by atoms with Gasteiger partial charge in [0.25, 0.3) is 0 Å². The molecule has 0 spiro atoms. The molecular formula is C21H23N5O2. The van der Waals surface area contributed by atoms with E-state index in [2.05, 4.69) is 51.5 Å². The Morgan fingerprint density at radius 2 is 1.25 bits per heavy atom. The predicted octanol–water partition coefficient (Wildman–Crippen LogP) is 3.41. The number of nitrogens with one attached hydrogen (secondary N) is 1. The van der Waals surface area contributed by atoms with Crippen LogP contribution < -0.4 is 15.3 Å². The summed E-state index contributed by atoms with van der Waals surface area (Å²) in [5.74, 6) is 0.816. The smallest absolute Gasteiger partial charge is 0.224 e. The molecule has 0 aromatic heterocycles. The lowest BCUT2D eigenvalue weighted by Crippen LogP contribution is -2.33. The molecule has 144 valence electrons. The summed E-state index contributed by atoms with van der Waals surface area (Å²) in [5.41, 5.74) is 6.56. The van der Waals surface area contributed by atoms with Gasteiger partial charge in [0.05, 0.1) is 11.4 Å². The highest BCUT2D eigenvalue weighted by atomic mass is 16.4. The van der Waals surface area contributed by atoms with Crippen LogP contribution in [0.3, 0.4) is 0 Å². The first-order valence-corrected chi connectivity index (χ1v) is 8.47. The Morgan fingerprint density at radius 3 is 1.79 bits per heavy atom. The highest BCUT2D eigenvalue weighted by Crippen LogP contribution is 2.23. The van der Waals surface area contributed by atoms with E-state index in [0.29, 0.717) is 6.67 Å². The third-order valence-corrected chi connectivity index (χ3v) is 3.90. The van der Waals surface area contributed by atoms with Crippen molar-refractivity contribution in [2.24, 2.45) is 10.1 Å². The summed E-state index contributed by atoms with van der Waals surface area (Å²) in [6.45, 7) is 3.36. The van der Waals surface area contributed by atoms with Crippen LogP contribution in [-0.4, -0.2) is 30.0 Å². The number of benzene rings is 3. The van der Waals surface area contributed by atoms with Crippen LogP contribution in [0.15, 0.2) is 101 Å². The van der Waals surface area contributed by atoms with Gasteiger partial charge in [0.2, 0.25) is 5.96 Å². The Labute approximate surface area is 164 Å². The van der Waals surface area contributed by atoms with Crippen molar-refractivity contribution in [3.63, 3.8) is 0 Å². The van der Waals surface area contributed by atoms with Crippen molar-refractivity contribution in [3.05, 3.63) is 91.0 Å². The van der Waals surface area contributed by atoms with Gasteiger partial charge >= 0.3 is 0 Å². The van der Waals surface area contributed by atoms with Crippen LogP contribution in [0.4, 0.5) is 17.1 Å². The average Bonchev–Trinajstić information content (AvgIpc) is 3.14. The van der Waals surface area contributed by atoms with Gasteiger partial charge in [0, 0.05) is 12.4 Å². The quantitative estimate of drug-likeness (QED) is 0.415. The van der Waals surface area contributed by atoms with Gasteiger partial charge in [0.1, 0.15) is 6.67 Å². The monoisotopic (exact) mass is 377 g/mol. The maximum Gasteiger partial charge on any atom is 0.224 e. The number of para-hydroxylation sites is 3. The van der Waals surface area contributed by atoms with Crippen molar-refractivity contribution >= 4 is 29.7 Å². The maximum absolute atomic E-state index is 7.08. The summed E-state index contributed by atoms with van der Waals surface area (Å²) >= 11 is 0. The van der Waals surface area contributed by atoms with E-state index < -0.39 is 0 Å². The molecule has 4 rings (SSSR count). The van der Waals surface area contributed by atoms with Crippen molar-refractivity contribution < 1.29 is 10.7 Å².